The Kier molecular flexibility index (Phi) is 6.40. The second kappa shape index (κ2) is 9.92. The van der Waals surface area contributed by atoms with E-state index in [2.05, 4.69) is 0 Å². The number of Topliss-reactive ketones (excluding diaryl/α,β-unsaturated/α-hetero) is 1. The van der Waals surface area contributed by atoms with Crippen molar-refractivity contribution in [1.82, 2.24) is 4.90 Å². The van der Waals surface area contributed by atoms with Gasteiger partial charge in [-0.3, -0.25) is 4.79 Å². The van der Waals surface area contributed by atoms with Gasteiger partial charge in [-0.25, -0.2) is 0 Å². The molecule has 4 nitrogen and oxygen atoms in total. The third kappa shape index (κ3) is 4.71. The van der Waals surface area contributed by atoms with E-state index in [1.807, 2.05) is 84.9 Å². The zero-order valence-electron chi connectivity index (χ0n) is 17.7. The van der Waals surface area contributed by atoms with Crippen LogP contribution in [0.3, 0.4) is 0 Å². The number of hydrogen-bond donors (Lipinski definition) is 0. The molecule has 0 saturated heterocycles. The molecule has 0 aromatic heterocycles. The molecule has 4 rings (SSSR count). The number of rotatable bonds is 5. The minimum absolute atomic E-state index is 0.0678. The van der Waals surface area contributed by atoms with Crippen LogP contribution < -0.4 is 0 Å². The summed E-state index contributed by atoms with van der Waals surface area (Å²) in [6.45, 7) is 0. The number of carbonyl (C=O) groups is 1. The fourth-order valence-electron chi connectivity index (χ4n) is 3.54. The lowest BCUT2D eigenvalue weighted by Gasteiger charge is -2.26. The van der Waals surface area contributed by atoms with Crippen molar-refractivity contribution in [3.63, 3.8) is 0 Å². The molecule has 4 heteroatoms. The van der Waals surface area contributed by atoms with Gasteiger partial charge in [-0.2, -0.15) is 10.5 Å². The second-order valence-electron chi connectivity index (χ2n) is 7.27. The molecule has 156 valence electrons. The highest BCUT2D eigenvalue weighted by Crippen LogP contribution is 2.27. The molecule has 3 aromatic carbocycles. The molecule has 3 aromatic rings. The predicted octanol–water partition coefficient (Wildman–Crippen LogP) is 6.26. The lowest BCUT2D eigenvalue weighted by atomic mass is 9.99. The molecule has 1 aliphatic rings. The number of nitrogens with zero attached hydrogens (tertiary/aromatic N) is 3. The fraction of sp³-hybridized carbons (Fsp3) is 0. The van der Waals surface area contributed by atoms with Crippen molar-refractivity contribution >= 4 is 11.9 Å². The zero-order valence-corrected chi connectivity index (χ0v) is 17.7. The molecule has 0 fully saturated rings. The summed E-state index contributed by atoms with van der Waals surface area (Å²) >= 11 is 0. The van der Waals surface area contributed by atoms with Crippen molar-refractivity contribution in [2.45, 2.75) is 0 Å². The zero-order chi connectivity index (χ0) is 23.0. The molecular formula is C29H19N3O. The van der Waals surface area contributed by atoms with Gasteiger partial charge < -0.3 is 4.90 Å². The van der Waals surface area contributed by atoms with E-state index in [0.29, 0.717) is 17.0 Å². The predicted molar refractivity (Wildman–Crippen MR) is 129 cm³/mol. The van der Waals surface area contributed by atoms with Gasteiger partial charge in [0.05, 0.1) is 11.4 Å². The molecule has 0 amide bonds. The van der Waals surface area contributed by atoms with Crippen LogP contribution in [0.5, 0.6) is 0 Å². The summed E-state index contributed by atoms with van der Waals surface area (Å²) in [5, 5.41) is 18.9. The van der Waals surface area contributed by atoms with Gasteiger partial charge in [0.25, 0.3) is 0 Å². The first kappa shape index (κ1) is 21.3. The Hall–Kier alpha value is -4.93. The van der Waals surface area contributed by atoms with Crippen LogP contribution in [-0.4, -0.2) is 10.7 Å². The smallest absolute Gasteiger partial charge is 0.209 e. The van der Waals surface area contributed by atoms with Gasteiger partial charge in [0.2, 0.25) is 5.78 Å². The Bertz CT molecular complexity index is 1350. The highest BCUT2D eigenvalue weighted by molar-refractivity contribution is 6.11. The lowest BCUT2D eigenvalue weighted by molar-refractivity contribution is 0.101. The number of nitriles is 2. The summed E-state index contributed by atoms with van der Waals surface area (Å²) < 4.78 is 0. The van der Waals surface area contributed by atoms with Gasteiger partial charge in [-0.15, -0.1) is 0 Å². The third-order valence-corrected chi connectivity index (χ3v) is 5.19. The summed E-state index contributed by atoms with van der Waals surface area (Å²) in [5.41, 5.74) is 4.05. The molecule has 0 saturated carbocycles. The number of carbonyl (C=O) groups excluding carboxylic acids is 1. The molecule has 0 N–H and O–H groups in total. The van der Waals surface area contributed by atoms with Crippen molar-refractivity contribution in [1.29, 1.82) is 10.5 Å². The molecule has 0 aliphatic carbocycles. The molecule has 0 atom stereocenters. The number of hydrogen-bond acceptors (Lipinski definition) is 4. The van der Waals surface area contributed by atoms with E-state index in [9.17, 15) is 15.3 Å². The van der Waals surface area contributed by atoms with Crippen LogP contribution >= 0.6 is 0 Å². The van der Waals surface area contributed by atoms with Crippen LogP contribution in [0.25, 0.3) is 17.2 Å². The van der Waals surface area contributed by atoms with Gasteiger partial charge in [0.15, 0.2) is 5.57 Å². The van der Waals surface area contributed by atoms with Gasteiger partial charge in [0.1, 0.15) is 12.1 Å². The second-order valence-corrected chi connectivity index (χ2v) is 7.27. The molecule has 1 heterocycles. The van der Waals surface area contributed by atoms with Crippen molar-refractivity contribution in [3.8, 4) is 23.3 Å². The molecule has 0 unspecified atom stereocenters. The third-order valence-electron chi connectivity index (χ3n) is 5.19. The standard InChI is InChI=1S/C29H19N3O/c30-20-26(21-31)27-13-7-8-18-32(27)28(19-22-9-3-1-4-10-22)29(33)25-16-14-24(15-17-25)23-11-5-2-6-12-23/h1-19H. The minimum atomic E-state index is -0.217. The Balaban J connectivity index is 1.78. The average molecular weight is 425 g/mol. The molecule has 33 heavy (non-hydrogen) atoms. The number of ketones is 1. The van der Waals surface area contributed by atoms with E-state index in [1.54, 1.807) is 47.5 Å². The topological polar surface area (TPSA) is 67.9 Å². The van der Waals surface area contributed by atoms with E-state index in [4.69, 9.17) is 0 Å². The van der Waals surface area contributed by atoms with E-state index in [1.165, 1.54) is 0 Å². The first-order valence-electron chi connectivity index (χ1n) is 10.4. The highest BCUT2D eigenvalue weighted by atomic mass is 16.1. The van der Waals surface area contributed by atoms with Crippen molar-refractivity contribution in [2.75, 3.05) is 0 Å². The van der Waals surface area contributed by atoms with Gasteiger partial charge in [-0.05, 0) is 34.9 Å². The Morgan fingerprint density at radius 2 is 1.36 bits per heavy atom. The summed E-state index contributed by atoms with van der Waals surface area (Å²) in [6.07, 6.45) is 8.62. The Morgan fingerprint density at radius 1 is 0.758 bits per heavy atom. The van der Waals surface area contributed by atoms with E-state index in [0.717, 1.165) is 16.7 Å². The quantitative estimate of drug-likeness (QED) is 0.275. The van der Waals surface area contributed by atoms with Crippen molar-refractivity contribution < 1.29 is 4.79 Å². The van der Waals surface area contributed by atoms with Crippen LogP contribution in [0.1, 0.15) is 15.9 Å². The maximum absolute atomic E-state index is 13.7. The lowest BCUT2D eigenvalue weighted by Crippen LogP contribution is -2.24. The van der Waals surface area contributed by atoms with Crippen LogP contribution in [0.2, 0.25) is 0 Å². The van der Waals surface area contributed by atoms with Crippen LogP contribution in [0.15, 0.2) is 126 Å². The van der Waals surface area contributed by atoms with Crippen molar-refractivity contribution in [2.24, 2.45) is 0 Å². The van der Waals surface area contributed by atoms with Crippen LogP contribution in [-0.2, 0) is 0 Å². The molecule has 1 aliphatic heterocycles. The maximum Gasteiger partial charge on any atom is 0.209 e. The largest absolute Gasteiger partial charge is 0.312 e. The molecular weight excluding hydrogens is 406 g/mol. The Labute approximate surface area is 193 Å². The maximum atomic E-state index is 13.7. The summed E-state index contributed by atoms with van der Waals surface area (Å²) in [4.78, 5) is 15.3. The fourth-order valence-corrected chi connectivity index (χ4v) is 3.54. The molecule has 0 radical (unpaired) electrons. The van der Waals surface area contributed by atoms with E-state index in [-0.39, 0.29) is 11.4 Å². The summed E-state index contributed by atoms with van der Waals surface area (Å²) in [7, 11) is 0. The van der Waals surface area contributed by atoms with E-state index < -0.39 is 0 Å². The van der Waals surface area contributed by atoms with Crippen molar-refractivity contribution in [3.05, 3.63) is 137 Å². The first-order chi connectivity index (χ1) is 16.2. The summed E-state index contributed by atoms with van der Waals surface area (Å²) in [5.74, 6) is -0.217. The van der Waals surface area contributed by atoms with E-state index >= 15 is 0 Å². The Morgan fingerprint density at radius 3 is 2.00 bits per heavy atom. The average Bonchev–Trinajstić information content (AvgIpc) is 2.89. The van der Waals surface area contributed by atoms with Crippen LogP contribution in [0.4, 0.5) is 0 Å². The SMILES string of the molecule is N#CC(C#N)=C1C=CC=CN1C(=Cc1ccccc1)C(=O)c1ccc(-c2ccccc2)cc1. The molecule has 0 spiro atoms. The van der Waals surface area contributed by atoms with Crippen LogP contribution in [0, 0.1) is 22.7 Å². The van der Waals surface area contributed by atoms with Gasteiger partial charge in [-0.1, -0.05) is 91.0 Å². The summed E-state index contributed by atoms with van der Waals surface area (Å²) in [6, 6.07) is 30.7. The normalized spacial score (nSPS) is 12.7. The highest BCUT2D eigenvalue weighted by Gasteiger charge is 2.23. The molecule has 0 bridgehead atoms. The van der Waals surface area contributed by atoms with Gasteiger partial charge >= 0.3 is 0 Å². The number of benzene rings is 3. The number of allylic oxidation sites excluding steroid dienone is 5. The van der Waals surface area contributed by atoms with Gasteiger partial charge in [0, 0.05) is 11.8 Å². The monoisotopic (exact) mass is 425 g/mol. The minimum Gasteiger partial charge on any atom is -0.312 e. The first-order valence-corrected chi connectivity index (χ1v) is 10.4.